The Morgan fingerprint density at radius 3 is 2.19 bits per heavy atom. The van der Waals surface area contributed by atoms with Crippen molar-refractivity contribution in [2.75, 3.05) is 12.4 Å². The molecular weight excluding hydrogens is 352 g/mol. The fraction of sp³-hybridized carbons (Fsp3) is 0.158. The topological polar surface area (TPSA) is 113 Å². The lowest BCUT2D eigenvalue weighted by atomic mass is 10.1. The molecule has 0 bridgehead atoms. The lowest BCUT2D eigenvalue weighted by Crippen LogP contribution is -2.45. The monoisotopic (exact) mass is 368 g/mol. The molecule has 0 aliphatic carbocycles. The predicted octanol–water partition coefficient (Wildman–Crippen LogP) is 1.80. The summed E-state index contributed by atoms with van der Waals surface area (Å²) in [4.78, 5) is 49.7. The van der Waals surface area contributed by atoms with E-state index in [1.807, 2.05) is 0 Å². The van der Waals surface area contributed by atoms with E-state index in [0.29, 0.717) is 0 Å². The first-order valence-electron chi connectivity index (χ1n) is 8.04. The van der Waals surface area contributed by atoms with Gasteiger partial charge in [-0.1, -0.05) is 12.1 Å². The van der Waals surface area contributed by atoms with E-state index >= 15 is 0 Å². The molecule has 1 atom stereocenters. The molecule has 3 rings (SSSR count). The van der Waals surface area contributed by atoms with Gasteiger partial charge in [0, 0.05) is 0 Å². The van der Waals surface area contributed by atoms with Crippen LogP contribution in [0.1, 0.15) is 38.0 Å². The predicted molar refractivity (Wildman–Crippen MR) is 94.5 cm³/mol. The number of anilines is 1. The number of fused-ring (bicyclic) bond motifs is 1. The molecule has 2 aromatic carbocycles. The molecule has 0 aromatic heterocycles. The molecule has 0 saturated carbocycles. The minimum absolute atomic E-state index is 0.0381. The van der Waals surface area contributed by atoms with E-state index in [1.165, 1.54) is 38.3 Å². The Balaban J connectivity index is 1.78. The Morgan fingerprint density at radius 2 is 1.67 bits per heavy atom. The molecule has 8 heteroatoms. The van der Waals surface area contributed by atoms with Gasteiger partial charge in [-0.15, -0.1) is 0 Å². The summed E-state index contributed by atoms with van der Waals surface area (Å²) in [5.74, 6) is -2.75. The third-order valence-electron chi connectivity index (χ3n) is 4.27. The fourth-order valence-corrected chi connectivity index (χ4v) is 2.80. The second-order valence-corrected chi connectivity index (χ2v) is 5.91. The molecule has 1 aliphatic rings. The Labute approximate surface area is 154 Å². The first-order valence-corrected chi connectivity index (χ1v) is 8.04. The van der Waals surface area contributed by atoms with Gasteiger partial charge in [-0.25, -0.2) is 4.79 Å². The van der Waals surface area contributed by atoms with Gasteiger partial charge in [-0.3, -0.25) is 19.3 Å². The Bertz CT molecular complexity index is 933. The summed E-state index contributed by atoms with van der Waals surface area (Å²) in [6, 6.07) is 9.07. The number of phenols is 1. The van der Waals surface area contributed by atoms with E-state index in [4.69, 9.17) is 0 Å². The number of aromatic hydroxyl groups is 1. The molecule has 0 fully saturated rings. The van der Waals surface area contributed by atoms with Gasteiger partial charge in [0.1, 0.15) is 11.8 Å². The van der Waals surface area contributed by atoms with Crippen LogP contribution in [0.15, 0.2) is 42.5 Å². The number of nitrogens with zero attached hydrogens (tertiary/aromatic N) is 1. The lowest BCUT2D eigenvalue weighted by Gasteiger charge is -2.22. The number of hydrogen-bond donors (Lipinski definition) is 2. The number of carbonyl (C=O) groups is 4. The first-order chi connectivity index (χ1) is 12.8. The Morgan fingerprint density at radius 1 is 1.07 bits per heavy atom. The van der Waals surface area contributed by atoms with Crippen LogP contribution in [0.2, 0.25) is 0 Å². The van der Waals surface area contributed by atoms with Gasteiger partial charge in [0.05, 0.1) is 29.5 Å². The number of nitrogens with one attached hydrogen (secondary N) is 1. The van der Waals surface area contributed by atoms with Crippen molar-refractivity contribution in [3.63, 3.8) is 0 Å². The second-order valence-electron chi connectivity index (χ2n) is 5.91. The summed E-state index contributed by atoms with van der Waals surface area (Å²) in [7, 11) is 1.21. The molecule has 1 unspecified atom stereocenters. The van der Waals surface area contributed by atoms with Crippen LogP contribution < -0.4 is 5.32 Å². The maximum Gasteiger partial charge on any atom is 0.337 e. The molecular formula is C19H16N2O6. The van der Waals surface area contributed by atoms with Gasteiger partial charge in [0.2, 0.25) is 5.91 Å². The van der Waals surface area contributed by atoms with E-state index in [2.05, 4.69) is 10.1 Å². The van der Waals surface area contributed by atoms with Crippen LogP contribution in [-0.4, -0.2) is 46.8 Å². The van der Waals surface area contributed by atoms with Crippen molar-refractivity contribution in [1.29, 1.82) is 0 Å². The molecule has 0 saturated heterocycles. The molecule has 2 N–H and O–H groups in total. The van der Waals surface area contributed by atoms with Crippen LogP contribution in [0, 0.1) is 0 Å². The van der Waals surface area contributed by atoms with Gasteiger partial charge in [-0.05, 0) is 37.3 Å². The average Bonchev–Trinajstić information content (AvgIpc) is 2.93. The molecule has 0 spiro atoms. The number of rotatable bonds is 4. The van der Waals surface area contributed by atoms with Gasteiger partial charge >= 0.3 is 5.97 Å². The van der Waals surface area contributed by atoms with Crippen molar-refractivity contribution in [3.8, 4) is 5.75 Å². The number of methoxy groups -OCH3 is 1. The highest BCUT2D eigenvalue weighted by atomic mass is 16.5. The zero-order valence-electron chi connectivity index (χ0n) is 14.6. The Kier molecular flexibility index (Phi) is 4.64. The maximum absolute atomic E-state index is 12.5. The van der Waals surface area contributed by atoms with E-state index in [-0.39, 0.29) is 28.1 Å². The van der Waals surface area contributed by atoms with E-state index < -0.39 is 29.7 Å². The number of carbonyl (C=O) groups excluding carboxylic acids is 4. The van der Waals surface area contributed by atoms with Gasteiger partial charge in [-0.2, -0.15) is 0 Å². The van der Waals surface area contributed by atoms with Crippen molar-refractivity contribution in [2.24, 2.45) is 0 Å². The SMILES string of the molecule is COC(=O)c1ccc(NC(=O)C(C)N2C(=O)c3ccccc3C2=O)c(O)c1. The van der Waals surface area contributed by atoms with Crippen molar-refractivity contribution in [2.45, 2.75) is 13.0 Å². The fourth-order valence-electron chi connectivity index (χ4n) is 2.80. The van der Waals surface area contributed by atoms with Crippen LogP contribution in [0.25, 0.3) is 0 Å². The number of phenolic OH excluding ortho intramolecular Hbond substituents is 1. The molecule has 1 aliphatic heterocycles. The second kappa shape index (κ2) is 6.91. The summed E-state index contributed by atoms with van der Waals surface area (Å²) in [6.45, 7) is 1.41. The zero-order valence-corrected chi connectivity index (χ0v) is 14.6. The largest absolute Gasteiger partial charge is 0.506 e. The zero-order chi connectivity index (χ0) is 19.7. The summed E-state index contributed by atoms with van der Waals surface area (Å²) in [6.07, 6.45) is 0. The minimum atomic E-state index is -1.10. The molecule has 27 heavy (non-hydrogen) atoms. The number of ether oxygens (including phenoxy) is 1. The van der Waals surface area contributed by atoms with Crippen LogP contribution in [0.5, 0.6) is 5.75 Å². The van der Waals surface area contributed by atoms with Crippen LogP contribution in [-0.2, 0) is 9.53 Å². The van der Waals surface area contributed by atoms with Crippen molar-refractivity contribution >= 4 is 29.4 Å². The van der Waals surface area contributed by atoms with Crippen LogP contribution in [0.3, 0.4) is 0 Å². The standard InChI is InChI=1S/C19H16N2O6/c1-10(21-17(24)12-5-3-4-6-13(12)18(21)25)16(23)20-14-8-7-11(9-15(14)22)19(26)27-2/h3-10,22H,1-2H3,(H,20,23). The Hall–Kier alpha value is -3.68. The summed E-state index contributed by atoms with van der Waals surface area (Å²) >= 11 is 0. The number of imide groups is 1. The summed E-state index contributed by atoms with van der Waals surface area (Å²) in [5, 5.41) is 12.5. The maximum atomic E-state index is 12.5. The first kappa shape index (κ1) is 18.1. The molecule has 8 nitrogen and oxygen atoms in total. The number of esters is 1. The van der Waals surface area contributed by atoms with E-state index in [9.17, 15) is 24.3 Å². The molecule has 138 valence electrons. The minimum Gasteiger partial charge on any atom is -0.506 e. The van der Waals surface area contributed by atoms with Crippen molar-refractivity contribution in [1.82, 2.24) is 4.90 Å². The lowest BCUT2D eigenvalue weighted by molar-refractivity contribution is -0.119. The van der Waals surface area contributed by atoms with Crippen molar-refractivity contribution < 1.29 is 29.0 Å². The summed E-state index contributed by atoms with van der Waals surface area (Å²) < 4.78 is 4.55. The van der Waals surface area contributed by atoms with Gasteiger partial charge < -0.3 is 15.2 Å². The molecule has 3 amide bonds. The third kappa shape index (κ3) is 3.12. The van der Waals surface area contributed by atoms with E-state index in [1.54, 1.807) is 12.1 Å². The van der Waals surface area contributed by atoms with Gasteiger partial charge in [0.15, 0.2) is 0 Å². The number of benzene rings is 2. The summed E-state index contributed by atoms with van der Waals surface area (Å²) in [5.41, 5.74) is 0.636. The highest BCUT2D eigenvalue weighted by Gasteiger charge is 2.40. The number of amides is 3. The third-order valence-corrected chi connectivity index (χ3v) is 4.27. The average molecular weight is 368 g/mol. The van der Waals surface area contributed by atoms with Gasteiger partial charge in [0.25, 0.3) is 11.8 Å². The highest BCUT2D eigenvalue weighted by molar-refractivity contribution is 6.23. The van der Waals surface area contributed by atoms with Crippen LogP contribution in [0.4, 0.5) is 5.69 Å². The highest BCUT2D eigenvalue weighted by Crippen LogP contribution is 2.27. The number of hydrogen-bond acceptors (Lipinski definition) is 6. The normalized spacial score (nSPS) is 13.9. The van der Waals surface area contributed by atoms with E-state index in [0.717, 1.165) is 11.0 Å². The molecule has 1 heterocycles. The molecule has 0 radical (unpaired) electrons. The quantitative estimate of drug-likeness (QED) is 0.483. The smallest absolute Gasteiger partial charge is 0.337 e. The molecule has 2 aromatic rings. The van der Waals surface area contributed by atoms with Crippen LogP contribution >= 0.6 is 0 Å². The van der Waals surface area contributed by atoms with Crippen molar-refractivity contribution in [3.05, 3.63) is 59.2 Å².